The first-order chi connectivity index (χ1) is 21.6. The molecular weight excluding hydrogens is 596 g/mol. The van der Waals surface area contributed by atoms with Gasteiger partial charge in [0, 0.05) is 12.6 Å². The molecular formula is C32H30N6O8. The number of hydrogen-bond acceptors (Lipinski definition) is 10. The molecule has 0 amide bonds. The lowest BCUT2D eigenvalue weighted by Gasteiger charge is -2.46. The van der Waals surface area contributed by atoms with E-state index >= 15 is 0 Å². The Morgan fingerprint density at radius 2 is 0.870 bits per heavy atom. The third-order valence-electron chi connectivity index (χ3n) is 9.76. The maximum atomic E-state index is 13.7. The van der Waals surface area contributed by atoms with Gasteiger partial charge in [0.1, 0.15) is 0 Å². The van der Waals surface area contributed by atoms with Gasteiger partial charge in [-0.25, -0.2) is 0 Å². The van der Waals surface area contributed by atoms with E-state index in [2.05, 4.69) is 0 Å². The van der Waals surface area contributed by atoms with E-state index in [4.69, 9.17) is 11.5 Å². The second kappa shape index (κ2) is 9.47. The summed E-state index contributed by atoms with van der Waals surface area (Å²) in [6.45, 7) is 5.16. The smallest absolute Gasteiger partial charge is 0.262 e. The monoisotopic (exact) mass is 626 g/mol. The Kier molecular flexibility index (Phi) is 6.10. The van der Waals surface area contributed by atoms with Crippen LogP contribution in [-0.2, 0) is 19.9 Å². The Balaban J connectivity index is 1.33. The SMILES string of the molecule is CC1(C)CC(n2c(=O)c3cc4c(=O)n(CN)c(=O)c4cc3c2=O)CC(C)(Cn2c(=O)c3cc4c(=O)n(CN)c(=O)c4cc3c2=O)C1. The number of rotatable bonds is 5. The molecule has 1 aliphatic carbocycles. The Morgan fingerprint density at radius 3 is 1.22 bits per heavy atom. The molecule has 2 atom stereocenters. The van der Waals surface area contributed by atoms with Crippen LogP contribution in [0.3, 0.4) is 0 Å². The average molecular weight is 627 g/mol. The van der Waals surface area contributed by atoms with Crippen molar-refractivity contribution in [3.05, 3.63) is 107 Å². The third kappa shape index (κ3) is 3.89. The number of nitrogens with zero attached hydrogens (tertiary/aromatic N) is 4. The first-order valence-electron chi connectivity index (χ1n) is 14.8. The molecule has 1 aliphatic rings. The number of nitrogens with two attached hydrogens (primary N) is 2. The van der Waals surface area contributed by atoms with Crippen LogP contribution >= 0.6 is 0 Å². The molecule has 0 aliphatic heterocycles. The van der Waals surface area contributed by atoms with E-state index in [1.807, 2.05) is 20.8 Å². The van der Waals surface area contributed by atoms with Crippen molar-refractivity contribution in [1.82, 2.24) is 18.3 Å². The molecule has 14 nitrogen and oxygen atoms in total. The molecule has 1 saturated carbocycles. The summed E-state index contributed by atoms with van der Waals surface area (Å²) in [5.41, 5.74) is 5.00. The van der Waals surface area contributed by atoms with Gasteiger partial charge in [0.05, 0.1) is 56.4 Å². The van der Waals surface area contributed by atoms with Crippen molar-refractivity contribution in [3.63, 3.8) is 0 Å². The highest BCUT2D eigenvalue weighted by Crippen LogP contribution is 2.50. The maximum absolute atomic E-state index is 13.7. The Hall–Kier alpha value is -5.08. The topological polar surface area (TPSA) is 208 Å². The van der Waals surface area contributed by atoms with Crippen LogP contribution in [-0.4, -0.2) is 18.3 Å². The van der Waals surface area contributed by atoms with Crippen LogP contribution in [0, 0.1) is 10.8 Å². The molecule has 2 unspecified atom stereocenters. The molecule has 4 heterocycles. The zero-order valence-corrected chi connectivity index (χ0v) is 25.3. The number of benzene rings is 2. The fourth-order valence-corrected chi connectivity index (χ4v) is 8.19. The molecule has 0 bridgehead atoms. The molecule has 236 valence electrons. The summed E-state index contributed by atoms with van der Waals surface area (Å²) in [7, 11) is 0. The summed E-state index contributed by atoms with van der Waals surface area (Å²) in [6.07, 6.45) is 1.27. The lowest BCUT2D eigenvalue weighted by atomic mass is 9.62. The van der Waals surface area contributed by atoms with Crippen LogP contribution in [0.1, 0.15) is 46.1 Å². The van der Waals surface area contributed by atoms with Crippen LogP contribution < -0.4 is 55.9 Å². The minimum absolute atomic E-state index is 0.0120. The molecule has 4 aromatic heterocycles. The van der Waals surface area contributed by atoms with Gasteiger partial charge in [-0.1, -0.05) is 20.8 Å². The predicted octanol–water partition coefficient (Wildman–Crippen LogP) is -0.572. The quantitative estimate of drug-likeness (QED) is 0.249. The minimum Gasteiger partial charge on any atom is -0.313 e. The first-order valence-corrected chi connectivity index (χ1v) is 14.8. The van der Waals surface area contributed by atoms with Crippen molar-refractivity contribution in [2.45, 2.75) is 66.0 Å². The first kappa shape index (κ1) is 29.6. The van der Waals surface area contributed by atoms with Gasteiger partial charge >= 0.3 is 0 Å². The average Bonchev–Trinajstić information content (AvgIpc) is 3.57. The minimum atomic E-state index is -0.741. The fraction of sp³-hybridized carbons (Fsp3) is 0.375. The summed E-state index contributed by atoms with van der Waals surface area (Å²) in [5.74, 6) is 0. The normalized spacial score (nSPS) is 20.2. The lowest BCUT2D eigenvalue weighted by molar-refractivity contribution is 0.0426. The molecule has 4 N–H and O–H groups in total. The molecule has 1 fully saturated rings. The van der Waals surface area contributed by atoms with Crippen molar-refractivity contribution in [2.75, 3.05) is 0 Å². The Morgan fingerprint density at radius 1 is 0.543 bits per heavy atom. The summed E-state index contributed by atoms with van der Waals surface area (Å²) >= 11 is 0. The predicted molar refractivity (Wildman–Crippen MR) is 173 cm³/mol. The lowest BCUT2D eigenvalue weighted by Crippen LogP contribution is -2.45. The van der Waals surface area contributed by atoms with Crippen LogP contribution in [0.25, 0.3) is 43.1 Å². The molecule has 0 saturated heterocycles. The highest BCUT2D eigenvalue weighted by Gasteiger charge is 2.44. The van der Waals surface area contributed by atoms with E-state index < -0.39 is 61.3 Å². The largest absolute Gasteiger partial charge is 0.313 e. The second-order valence-electron chi connectivity index (χ2n) is 13.7. The third-order valence-corrected chi connectivity index (χ3v) is 9.76. The van der Waals surface area contributed by atoms with Gasteiger partial charge in [0.2, 0.25) is 0 Å². The molecule has 2 aromatic carbocycles. The number of hydrogen-bond donors (Lipinski definition) is 2. The van der Waals surface area contributed by atoms with Crippen LogP contribution in [0.4, 0.5) is 0 Å². The molecule has 6 aromatic rings. The van der Waals surface area contributed by atoms with E-state index in [1.54, 1.807) is 0 Å². The second-order valence-corrected chi connectivity index (χ2v) is 13.7. The van der Waals surface area contributed by atoms with Crippen molar-refractivity contribution in [3.8, 4) is 0 Å². The van der Waals surface area contributed by atoms with E-state index in [1.165, 1.54) is 28.8 Å². The Labute approximate surface area is 256 Å². The summed E-state index contributed by atoms with van der Waals surface area (Å²) in [4.78, 5) is 105. The van der Waals surface area contributed by atoms with Crippen molar-refractivity contribution >= 4 is 43.1 Å². The van der Waals surface area contributed by atoms with Gasteiger partial charge in [0.25, 0.3) is 44.5 Å². The molecule has 46 heavy (non-hydrogen) atoms. The molecule has 0 radical (unpaired) electrons. The van der Waals surface area contributed by atoms with E-state index in [9.17, 15) is 38.4 Å². The van der Waals surface area contributed by atoms with Crippen molar-refractivity contribution in [1.29, 1.82) is 0 Å². The van der Waals surface area contributed by atoms with Crippen LogP contribution in [0.5, 0.6) is 0 Å². The highest BCUT2D eigenvalue weighted by molar-refractivity contribution is 5.98. The van der Waals surface area contributed by atoms with Crippen molar-refractivity contribution in [2.24, 2.45) is 22.3 Å². The van der Waals surface area contributed by atoms with Gasteiger partial charge in [-0.2, -0.15) is 0 Å². The summed E-state index contributed by atoms with van der Waals surface area (Å²) < 4.78 is 3.96. The van der Waals surface area contributed by atoms with Crippen LogP contribution in [0.15, 0.2) is 62.6 Å². The van der Waals surface area contributed by atoms with Crippen molar-refractivity contribution < 1.29 is 0 Å². The molecule has 0 spiro atoms. The fourth-order valence-electron chi connectivity index (χ4n) is 8.19. The van der Waals surface area contributed by atoms with Gasteiger partial charge < -0.3 is 11.5 Å². The van der Waals surface area contributed by atoms with Gasteiger partial charge in [0.15, 0.2) is 0 Å². The van der Waals surface area contributed by atoms with E-state index in [0.29, 0.717) is 12.8 Å². The standard InChI is InChI=1S/C32H30N6O8/c1-31(2)8-14(38-29(45)21-6-19-20(7-22(21)30(38)46)28(44)37(13-34)27(19)43)9-32(3,10-31)11-35-23(39)15-4-17-18(5-16(15)24(35)40)26(42)36(12-33)25(17)41/h4-7,14H,8-13,33-34H2,1-3H3. The number of fused-ring (bicyclic) bond motifs is 4. The molecule has 7 rings (SSSR count). The van der Waals surface area contributed by atoms with E-state index in [0.717, 1.165) is 13.7 Å². The van der Waals surface area contributed by atoms with Crippen LogP contribution in [0.2, 0.25) is 0 Å². The summed E-state index contributed by atoms with van der Waals surface area (Å²) in [5, 5.41) is 0.146. The Bertz CT molecular complexity index is 2590. The maximum Gasteiger partial charge on any atom is 0.262 e. The van der Waals surface area contributed by atoms with E-state index in [-0.39, 0.29) is 69.4 Å². The van der Waals surface area contributed by atoms with Gasteiger partial charge in [-0.3, -0.25) is 56.6 Å². The number of aromatic nitrogens is 4. The zero-order valence-electron chi connectivity index (χ0n) is 25.3. The van der Waals surface area contributed by atoms with Gasteiger partial charge in [-0.05, 0) is 54.4 Å². The molecule has 14 heteroatoms. The zero-order chi connectivity index (χ0) is 33.2. The van der Waals surface area contributed by atoms with Gasteiger partial charge in [-0.15, -0.1) is 0 Å². The highest BCUT2D eigenvalue weighted by atomic mass is 16.2. The summed E-state index contributed by atoms with van der Waals surface area (Å²) in [6, 6.07) is 4.50.